The van der Waals surface area contributed by atoms with Gasteiger partial charge in [-0.05, 0) is 6.92 Å². The molecule has 64 valence electrons. The number of aromatic nitrogens is 1. The van der Waals surface area contributed by atoms with Crippen LogP contribution in [0.5, 0.6) is 0 Å². The maximum Gasteiger partial charge on any atom is 0.165 e. The van der Waals surface area contributed by atoms with E-state index in [0.717, 1.165) is 5.76 Å². The molecule has 0 aliphatic rings. The maximum atomic E-state index is 4.96. The van der Waals surface area contributed by atoms with E-state index in [0.29, 0.717) is 0 Å². The van der Waals surface area contributed by atoms with E-state index >= 15 is 0 Å². The van der Waals surface area contributed by atoms with Crippen LogP contribution in [0.2, 0.25) is 0 Å². The van der Waals surface area contributed by atoms with Gasteiger partial charge in [-0.15, -0.1) is 0 Å². The minimum Gasteiger partial charge on any atom is -0.374 e. The van der Waals surface area contributed by atoms with Crippen molar-refractivity contribution in [2.24, 2.45) is 0 Å². The quantitative estimate of drug-likeness (QED) is 0.661. The lowest BCUT2D eigenvalue weighted by Gasteiger charge is -2.01. The molecule has 1 rings (SSSR count). The van der Waals surface area contributed by atoms with Gasteiger partial charge in [0.2, 0.25) is 0 Å². The number of nitrogens with zero attached hydrogens (tertiary/aromatic N) is 1. The molecule has 1 aromatic heterocycles. The fraction of sp³-hybridized carbons (Fsp3) is 0.625. The van der Waals surface area contributed by atoms with Crippen LogP contribution in [-0.2, 0) is 4.74 Å². The van der Waals surface area contributed by atoms with Gasteiger partial charge in [0.15, 0.2) is 5.76 Å². The lowest BCUT2D eigenvalue weighted by Crippen LogP contribution is -1.92. The van der Waals surface area contributed by atoms with Gasteiger partial charge < -0.3 is 9.26 Å². The molecule has 0 N–H and O–H groups in total. The Morgan fingerprint density at radius 3 is 2.55 bits per heavy atom. The van der Waals surface area contributed by atoms with Crippen molar-refractivity contribution >= 4 is 0 Å². The van der Waals surface area contributed by atoms with Crippen molar-refractivity contribution in [3.8, 4) is 0 Å². The van der Waals surface area contributed by atoms with Gasteiger partial charge in [0.1, 0.15) is 6.10 Å². The number of hydrogen-bond acceptors (Lipinski definition) is 3. The molecule has 0 spiro atoms. The molecule has 0 aliphatic carbocycles. The lowest BCUT2D eigenvalue weighted by molar-refractivity contribution is 0.0931. The Balaban J connectivity index is 0.000000461. The van der Waals surface area contributed by atoms with Gasteiger partial charge in [0, 0.05) is 13.2 Å². The third-order valence-corrected chi connectivity index (χ3v) is 1.21. The first kappa shape index (κ1) is 10.2. The summed E-state index contributed by atoms with van der Waals surface area (Å²) in [5, 5.41) is 3.54. The first-order chi connectivity index (χ1) is 5.34. The van der Waals surface area contributed by atoms with Crippen LogP contribution in [0.1, 0.15) is 32.6 Å². The van der Waals surface area contributed by atoms with Gasteiger partial charge in [0.25, 0.3) is 0 Å². The predicted molar refractivity (Wildman–Crippen MR) is 43.3 cm³/mol. The Morgan fingerprint density at radius 1 is 1.55 bits per heavy atom. The van der Waals surface area contributed by atoms with Crippen LogP contribution in [0.25, 0.3) is 0 Å². The molecule has 1 heterocycles. The van der Waals surface area contributed by atoms with Crippen molar-refractivity contribution in [2.45, 2.75) is 26.9 Å². The highest BCUT2D eigenvalue weighted by atomic mass is 16.5. The summed E-state index contributed by atoms with van der Waals surface area (Å²) in [6.45, 7) is 5.90. The Bertz CT molecular complexity index is 161. The summed E-state index contributed by atoms with van der Waals surface area (Å²) < 4.78 is 9.77. The fourth-order valence-electron chi connectivity index (χ4n) is 0.551. The molecule has 0 saturated carbocycles. The Hall–Kier alpha value is -0.830. The second kappa shape index (κ2) is 5.92. The summed E-state index contributed by atoms with van der Waals surface area (Å²) in [5.41, 5.74) is 0. The van der Waals surface area contributed by atoms with Gasteiger partial charge in [-0.1, -0.05) is 19.0 Å². The lowest BCUT2D eigenvalue weighted by atomic mass is 10.3. The van der Waals surface area contributed by atoms with Crippen LogP contribution in [-0.4, -0.2) is 12.3 Å². The van der Waals surface area contributed by atoms with Crippen molar-refractivity contribution in [1.82, 2.24) is 5.16 Å². The molecule has 1 aromatic rings. The average molecular weight is 157 g/mol. The van der Waals surface area contributed by atoms with Crippen molar-refractivity contribution in [3.63, 3.8) is 0 Å². The van der Waals surface area contributed by atoms with Gasteiger partial charge in [-0.25, -0.2) is 0 Å². The Morgan fingerprint density at radius 2 is 2.18 bits per heavy atom. The summed E-state index contributed by atoms with van der Waals surface area (Å²) in [7, 11) is 1.63. The van der Waals surface area contributed by atoms with Gasteiger partial charge in [-0.2, -0.15) is 0 Å². The summed E-state index contributed by atoms with van der Waals surface area (Å²) in [4.78, 5) is 0. The largest absolute Gasteiger partial charge is 0.374 e. The highest BCUT2D eigenvalue weighted by Crippen LogP contribution is 2.12. The Labute approximate surface area is 67.3 Å². The topological polar surface area (TPSA) is 35.3 Å². The van der Waals surface area contributed by atoms with Gasteiger partial charge >= 0.3 is 0 Å². The van der Waals surface area contributed by atoms with E-state index < -0.39 is 0 Å². The monoisotopic (exact) mass is 157 g/mol. The molecule has 0 saturated heterocycles. The molecule has 0 amide bonds. The van der Waals surface area contributed by atoms with Gasteiger partial charge in [-0.3, -0.25) is 0 Å². The summed E-state index contributed by atoms with van der Waals surface area (Å²) in [5.74, 6) is 0.762. The molecule has 1 unspecified atom stereocenters. The number of rotatable bonds is 2. The number of ether oxygens (including phenoxy) is 1. The zero-order valence-electron chi connectivity index (χ0n) is 7.50. The minimum absolute atomic E-state index is 0.00694. The number of methoxy groups -OCH3 is 1. The molecule has 0 bridgehead atoms. The van der Waals surface area contributed by atoms with E-state index in [4.69, 9.17) is 9.26 Å². The first-order valence-corrected chi connectivity index (χ1v) is 3.78. The van der Waals surface area contributed by atoms with E-state index in [-0.39, 0.29) is 6.10 Å². The fourth-order valence-corrected chi connectivity index (χ4v) is 0.551. The Kier molecular flexibility index (Phi) is 5.47. The summed E-state index contributed by atoms with van der Waals surface area (Å²) in [6.07, 6.45) is 1.61. The molecule has 0 aliphatic heterocycles. The van der Waals surface area contributed by atoms with Crippen LogP contribution >= 0.6 is 0 Å². The summed E-state index contributed by atoms with van der Waals surface area (Å²) in [6, 6.07) is 1.79. The van der Waals surface area contributed by atoms with Crippen LogP contribution in [0.15, 0.2) is 16.8 Å². The molecule has 3 heteroatoms. The average Bonchev–Trinajstić information content (AvgIpc) is 2.59. The zero-order chi connectivity index (χ0) is 8.69. The predicted octanol–water partition coefficient (Wildman–Crippen LogP) is 2.41. The first-order valence-electron chi connectivity index (χ1n) is 3.78. The van der Waals surface area contributed by atoms with Gasteiger partial charge in [0.05, 0.1) is 6.20 Å². The molecule has 0 fully saturated rings. The molecular formula is C8H15NO2. The van der Waals surface area contributed by atoms with Crippen LogP contribution < -0.4 is 0 Å². The van der Waals surface area contributed by atoms with E-state index in [1.54, 1.807) is 19.4 Å². The molecule has 1 atom stereocenters. The normalized spacial score (nSPS) is 11.6. The molecular weight excluding hydrogens is 142 g/mol. The second-order valence-corrected chi connectivity index (χ2v) is 1.79. The number of hydrogen-bond donors (Lipinski definition) is 0. The maximum absolute atomic E-state index is 4.96. The van der Waals surface area contributed by atoms with Crippen LogP contribution in [0, 0.1) is 0 Å². The third kappa shape index (κ3) is 3.18. The van der Waals surface area contributed by atoms with E-state index in [1.165, 1.54) is 0 Å². The van der Waals surface area contributed by atoms with Crippen molar-refractivity contribution in [3.05, 3.63) is 18.0 Å². The highest BCUT2D eigenvalue weighted by molar-refractivity contribution is 4.95. The minimum atomic E-state index is 0.00694. The van der Waals surface area contributed by atoms with E-state index in [1.807, 2.05) is 20.8 Å². The second-order valence-electron chi connectivity index (χ2n) is 1.79. The van der Waals surface area contributed by atoms with Crippen molar-refractivity contribution in [1.29, 1.82) is 0 Å². The molecule has 11 heavy (non-hydrogen) atoms. The van der Waals surface area contributed by atoms with Crippen LogP contribution in [0.3, 0.4) is 0 Å². The molecule has 0 aromatic carbocycles. The zero-order valence-corrected chi connectivity index (χ0v) is 7.50. The van der Waals surface area contributed by atoms with Crippen molar-refractivity contribution in [2.75, 3.05) is 7.11 Å². The van der Waals surface area contributed by atoms with Crippen LogP contribution in [0.4, 0.5) is 0 Å². The SMILES string of the molecule is CC.COC(C)c1ccno1. The smallest absolute Gasteiger partial charge is 0.165 e. The van der Waals surface area contributed by atoms with Crippen molar-refractivity contribution < 1.29 is 9.26 Å². The molecule has 3 nitrogen and oxygen atoms in total. The van der Waals surface area contributed by atoms with E-state index in [2.05, 4.69) is 5.16 Å². The standard InChI is InChI=1S/C6H9NO2.C2H6/c1-5(8-2)6-3-4-7-9-6;1-2/h3-5H,1-2H3;1-2H3. The molecule has 0 radical (unpaired) electrons. The van der Waals surface area contributed by atoms with E-state index in [9.17, 15) is 0 Å². The highest BCUT2D eigenvalue weighted by Gasteiger charge is 2.05. The third-order valence-electron chi connectivity index (χ3n) is 1.21. The summed E-state index contributed by atoms with van der Waals surface area (Å²) >= 11 is 0.